The highest BCUT2D eigenvalue weighted by Gasteiger charge is 2.21. The molecule has 1 aromatic rings. The monoisotopic (exact) mass is 183 g/mol. The predicted molar refractivity (Wildman–Crippen MR) is 51.3 cm³/mol. The number of imidazole rings is 1. The van der Waals surface area contributed by atoms with Crippen LogP contribution < -0.4 is 5.73 Å². The van der Waals surface area contributed by atoms with E-state index in [-0.39, 0.29) is 5.54 Å². The molecule has 1 rings (SSSR count). The molecule has 0 aliphatic rings. The lowest BCUT2D eigenvalue weighted by atomic mass is 10.1. The first-order chi connectivity index (χ1) is 6.11. The van der Waals surface area contributed by atoms with Gasteiger partial charge in [-0.2, -0.15) is 0 Å². The predicted octanol–water partition coefficient (Wildman–Crippen LogP) is 0.723. The van der Waals surface area contributed by atoms with E-state index < -0.39 is 0 Å². The summed E-state index contributed by atoms with van der Waals surface area (Å²) in [6.07, 6.45) is 3.58. The maximum atomic E-state index is 5.59. The van der Waals surface area contributed by atoms with Gasteiger partial charge >= 0.3 is 0 Å². The summed E-state index contributed by atoms with van der Waals surface area (Å²) in [6.45, 7) is 5.35. The van der Waals surface area contributed by atoms with Gasteiger partial charge in [0, 0.05) is 19.9 Å². The normalized spacial score (nSPS) is 12.0. The molecule has 74 valence electrons. The average molecular weight is 183 g/mol. The zero-order chi connectivity index (χ0) is 9.90. The molecule has 4 nitrogen and oxygen atoms in total. The van der Waals surface area contributed by atoms with E-state index in [1.807, 2.05) is 0 Å². The Kier molecular flexibility index (Phi) is 3.06. The lowest BCUT2D eigenvalue weighted by Crippen LogP contribution is -2.32. The summed E-state index contributed by atoms with van der Waals surface area (Å²) in [5, 5.41) is 0. The molecular formula is C9H17N3O. The molecule has 0 saturated heterocycles. The topological polar surface area (TPSA) is 53.1 Å². The standard InChI is InChI=1S/C9H17N3O/c1-9(2,6-13-3)12-7-11-5-8(12)4-10/h5,7H,4,6,10H2,1-3H3. The van der Waals surface area contributed by atoms with Crippen LogP contribution in [0, 0.1) is 0 Å². The third kappa shape index (κ3) is 2.08. The van der Waals surface area contributed by atoms with E-state index in [1.165, 1.54) is 0 Å². The van der Waals surface area contributed by atoms with Crippen LogP contribution in [0.15, 0.2) is 12.5 Å². The molecule has 0 fully saturated rings. The van der Waals surface area contributed by atoms with Crippen molar-refractivity contribution in [3.8, 4) is 0 Å². The second-order valence-electron chi connectivity index (χ2n) is 3.70. The summed E-state index contributed by atoms with van der Waals surface area (Å²) in [4.78, 5) is 4.07. The van der Waals surface area contributed by atoms with Gasteiger partial charge in [0.05, 0.1) is 24.2 Å². The zero-order valence-electron chi connectivity index (χ0n) is 8.45. The van der Waals surface area contributed by atoms with Crippen LogP contribution in [-0.2, 0) is 16.8 Å². The van der Waals surface area contributed by atoms with Gasteiger partial charge in [0.25, 0.3) is 0 Å². The lowest BCUT2D eigenvalue weighted by molar-refractivity contribution is 0.108. The Labute approximate surface area is 78.7 Å². The molecule has 0 aliphatic carbocycles. The SMILES string of the molecule is COCC(C)(C)n1cncc1CN. The van der Waals surface area contributed by atoms with Crippen LogP contribution in [-0.4, -0.2) is 23.3 Å². The van der Waals surface area contributed by atoms with E-state index in [2.05, 4.69) is 23.4 Å². The minimum absolute atomic E-state index is 0.0834. The van der Waals surface area contributed by atoms with Crippen LogP contribution in [0.25, 0.3) is 0 Å². The fourth-order valence-corrected chi connectivity index (χ4v) is 1.44. The van der Waals surface area contributed by atoms with Gasteiger partial charge in [-0.05, 0) is 13.8 Å². The van der Waals surface area contributed by atoms with E-state index in [0.717, 1.165) is 5.69 Å². The van der Waals surface area contributed by atoms with E-state index in [9.17, 15) is 0 Å². The van der Waals surface area contributed by atoms with Crippen molar-refractivity contribution in [1.82, 2.24) is 9.55 Å². The number of hydrogen-bond acceptors (Lipinski definition) is 3. The lowest BCUT2D eigenvalue weighted by Gasteiger charge is -2.27. The smallest absolute Gasteiger partial charge is 0.0954 e. The molecule has 0 amide bonds. The minimum Gasteiger partial charge on any atom is -0.382 e. The molecule has 1 heterocycles. The summed E-state index contributed by atoms with van der Waals surface area (Å²) in [5.74, 6) is 0. The second-order valence-corrected chi connectivity index (χ2v) is 3.70. The zero-order valence-corrected chi connectivity index (χ0v) is 8.45. The molecule has 0 atom stereocenters. The number of nitrogens with zero attached hydrogens (tertiary/aromatic N) is 2. The van der Waals surface area contributed by atoms with Crippen LogP contribution in [0.4, 0.5) is 0 Å². The molecule has 2 N–H and O–H groups in total. The maximum absolute atomic E-state index is 5.59. The van der Waals surface area contributed by atoms with Gasteiger partial charge in [0.1, 0.15) is 0 Å². The number of nitrogens with two attached hydrogens (primary N) is 1. The molecule has 0 saturated carbocycles. The van der Waals surface area contributed by atoms with Gasteiger partial charge in [0.2, 0.25) is 0 Å². The molecule has 0 bridgehead atoms. The van der Waals surface area contributed by atoms with E-state index >= 15 is 0 Å². The van der Waals surface area contributed by atoms with Gasteiger partial charge in [0.15, 0.2) is 0 Å². The van der Waals surface area contributed by atoms with Crippen molar-refractivity contribution in [3.05, 3.63) is 18.2 Å². The van der Waals surface area contributed by atoms with Crippen LogP contribution in [0.5, 0.6) is 0 Å². The first kappa shape index (κ1) is 10.2. The van der Waals surface area contributed by atoms with E-state index in [4.69, 9.17) is 10.5 Å². The van der Waals surface area contributed by atoms with Gasteiger partial charge in [-0.15, -0.1) is 0 Å². The fourth-order valence-electron chi connectivity index (χ4n) is 1.44. The molecule has 0 spiro atoms. The van der Waals surface area contributed by atoms with Crippen molar-refractivity contribution >= 4 is 0 Å². The third-order valence-electron chi connectivity index (χ3n) is 2.07. The Morgan fingerprint density at radius 3 is 2.85 bits per heavy atom. The number of ether oxygens (including phenoxy) is 1. The molecule has 0 unspecified atom stereocenters. The highest BCUT2D eigenvalue weighted by Crippen LogP contribution is 2.17. The Morgan fingerprint density at radius 2 is 2.31 bits per heavy atom. The molecule has 13 heavy (non-hydrogen) atoms. The van der Waals surface area contributed by atoms with Gasteiger partial charge < -0.3 is 15.0 Å². The van der Waals surface area contributed by atoms with Crippen LogP contribution in [0.2, 0.25) is 0 Å². The molecular weight excluding hydrogens is 166 g/mol. The fraction of sp³-hybridized carbons (Fsp3) is 0.667. The highest BCUT2D eigenvalue weighted by atomic mass is 16.5. The Bertz CT molecular complexity index is 268. The Balaban J connectivity index is 2.91. The number of aromatic nitrogens is 2. The molecule has 0 aromatic carbocycles. The van der Waals surface area contributed by atoms with E-state index in [1.54, 1.807) is 19.6 Å². The molecule has 0 aliphatic heterocycles. The van der Waals surface area contributed by atoms with Gasteiger partial charge in [-0.1, -0.05) is 0 Å². The second kappa shape index (κ2) is 3.89. The van der Waals surface area contributed by atoms with Crippen LogP contribution in [0.1, 0.15) is 19.5 Å². The van der Waals surface area contributed by atoms with E-state index in [0.29, 0.717) is 13.2 Å². The third-order valence-corrected chi connectivity index (χ3v) is 2.07. The molecule has 4 heteroatoms. The van der Waals surface area contributed by atoms with Gasteiger partial charge in [-0.25, -0.2) is 4.98 Å². The molecule has 0 radical (unpaired) electrons. The first-order valence-corrected chi connectivity index (χ1v) is 4.32. The van der Waals surface area contributed by atoms with Crippen molar-refractivity contribution in [2.75, 3.05) is 13.7 Å². The summed E-state index contributed by atoms with van der Waals surface area (Å²) in [6, 6.07) is 0. The maximum Gasteiger partial charge on any atom is 0.0954 e. The number of rotatable bonds is 4. The van der Waals surface area contributed by atoms with Crippen LogP contribution in [0.3, 0.4) is 0 Å². The largest absolute Gasteiger partial charge is 0.382 e. The number of methoxy groups -OCH3 is 1. The first-order valence-electron chi connectivity index (χ1n) is 4.32. The minimum atomic E-state index is -0.0834. The Hall–Kier alpha value is -0.870. The van der Waals surface area contributed by atoms with Crippen molar-refractivity contribution in [1.29, 1.82) is 0 Å². The highest BCUT2D eigenvalue weighted by molar-refractivity contribution is 5.02. The summed E-state index contributed by atoms with van der Waals surface area (Å²) < 4.78 is 7.19. The summed E-state index contributed by atoms with van der Waals surface area (Å²) in [7, 11) is 1.70. The van der Waals surface area contributed by atoms with Crippen molar-refractivity contribution < 1.29 is 4.74 Å². The summed E-state index contributed by atoms with van der Waals surface area (Å²) in [5.41, 5.74) is 6.53. The van der Waals surface area contributed by atoms with Crippen LogP contribution >= 0.6 is 0 Å². The quantitative estimate of drug-likeness (QED) is 0.748. The number of hydrogen-bond donors (Lipinski definition) is 1. The van der Waals surface area contributed by atoms with Crippen molar-refractivity contribution in [2.45, 2.75) is 25.9 Å². The molecule has 1 aromatic heterocycles. The average Bonchev–Trinajstić information content (AvgIpc) is 2.51. The summed E-state index contributed by atoms with van der Waals surface area (Å²) >= 11 is 0. The Morgan fingerprint density at radius 1 is 1.62 bits per heavy atom. The van der Waals surface area contributed by atoms with Crippen molar-refractivity contribution in [3.63, 3.8) is 0 Å². The van der Waals surface area contributed by atoms with Crippen molar-refractivity contribution in [2.24, 2.45) is 5.73 Å². The van der Waals surface area contributed by atoms with Gasteiger partial charge in [-0.3, -0.25) is 0 Å².